The summed E-state index contributed by atoms with van der Waals surface area (Å²) in [5.41, 5.74) is 8.46. The summed E-state index contributed by atoms with van der Waals surface area (Å²) in [6.07, 6.45) is 3.76. The number of carbonyl (C=O) groups excluding carboxylic acids is 1. The second-order valence-corrected chi connectivity index (χ2v) is 6.41. The van der Waals surface area contributed by atoms with Crippen LogP contribution in [0.15, 0.2) is 18.2 Å². The van der Waals surface area contributed by atoms with Crippen LogP contribution in [0.3, 0.4) is 0 Å². The first kappa shape index (κ1) is 15.2. The summed E-state index contributed by atoms with van der Waals surface area (Å²) in [6, 6.07) is 5.91. The van der Waals surface area contributed by atoms with E-state index >= 15 is 0 Å². The second-order valence-electron chi connectivity index (χ2n) is 6.41. The molecule has 0 atom stereocenters. The predicted molar refractivity (Wildman–Crippen MR) is 90.3 cm³/mol. The number of anilines is 2. The molecule has 2 aliphatic heterocycles. The molecule has 0 saturated carbocycles. The zero-order chi connectivity index (χ0) is 15.5. The van der Waals surface area contributed by atoms with Crippen LogP contribution in [0.5, 0.6) is 0 Å². The summed E-state index contributed by atoms with van der Waals surface area (Å²) >= 11 is 0. The Labute approximate surface area is 132 Å². The fourth-order valence-corrected chi connectivity index (χ4v) is 3.26. The third kappa shape index (κ3) is 3.19. The van der Waals surface area contributed by atoms with E-state index in [1.165, 1.54) is 19.3 Å². The zero-order valence-corrected chi connectivity index (χ0v) is 13.4. The maximum absolute atomic E-state index is 12.8. The Morgan fingerprint density at radius 2 is 1.68 bits per heavy atom. The van der Waals surface area contributed by atoms with Crippen LogP contribution in [0.1, 0.15) is 29.6 Å². The molecule has 0 radical (unpaired) electrons. The molecule has 0 unspecified atom stereocenters. The summed E-state index contributed by atoms with van der Waals surface area (Å²) in [5, 5.41) is 0. The van der Waals surface area contributed by atoms with Gasteiger partial charge in [0.25, 0.3) is 5.91 Å². The number of hydrogen-bond acceptors (Lipinski definition) is 4. The molecule has 1 amide bonds. The van der Waals surface area contributed by atoms with Crippen LogP contribution in [-0.2, 0) is 0 Å². The number of piperazine rings is 1. The molecule has 0 aromatic heterocycles. The van der Waals surface area contributed by atoms with E-state index in [1.54, 1.807) is 0 Å². The zero-order valence-electron chi connectivity index (χ0n) is 13.4. The molecule has 2 aliphatic rings. The molecule has 120 valence electrons. The van der Waals surface area contributed by atoms with Crippen LogP contribution >= 0.6 is 0 Å². The van der Waals surface area contributed by atoms with E-state index in [9.17, 15) is 4.79 Å². The Morgan fingerprint density at radius 1 is 1.00 bits per heavy atom. The molecule has 0 aliphatic carbocycles. The molecule has 5 nitrogen and oxygen atoms in total. The van der Waals surface area contributed by atoms with Crippen LogP contribution < -0.4 is 10.6 Å². The Hall–Kier alpha value is -1.75. The van der Waals surface area contributed by atoms with Crippen LogP contribution in [0.2, 0.25) is 0 Å². The first-order valence-electron chi connectivity index (χ1n) is 8.27. The number of hydrogen-bond donors (Lipinski definition) is 1. The smallest absolute Gasteiger partial charge is 0.256 e. The number of nitrogens with two attached hydrogens (primary N) is 1. The molecule has 5 heteroatoms. The van der Waals surface area contributed by atoms with E-state index in [4.69, 9.17) is 5.73 Å². The molecular formula is C17H26N4O. The fraction of sp³-hybridized carbons (Fsp3) is 0.588. The average molecular weight is 302 g/mol. The Balaban J connectivity index is 1.78. The normalized spacial score (nSPS) is 20.2. The van der Waals surface area contributed by atoms with Crippen molar-refractivity contribution < 1.29 is 4.79 Å². The summed E-state index contributed by atoms with van der Waals surface area (Å²) in [5.74, 6) is 0.0736. The van der Waals surface area contributed by atoms with Crippen molar-refractivity contribution in [3.8, 4) is 0 Å². The summed E-state index contributed by atoms with van der Waals surface area (Å²) in [6.45, 7) is 5.57. The molecule has 3 rings (SSSR count). The number of rotatable bonds is 2. The van der Waals surface area contributed by atoms with Gasteiger partial charge in [0.15, 0.2) is 0 Å². The van der Waals surface area contributed by atoms with E-state index < -0.39 is 0 Å². The number of nitrogens with zero attached hydrogens (tertiary/aromatic N) is 3. The first-order chi connectivity index (χ1) is 10.6. The molecule has 2 N–H and O–H groups in total. The minimum Gasteiger partial charge on any atom is -0.398 e. The highest BCUT2D eigenvalue weighted by Crippen LogP contribution is 2.25. The Morgan fingerprint density at radius 3 is 2.36 bits per heavy atom. The molecular weight excluding hydrogens is 276 g/mol. The molecule has 1 aromatic carbocycles. The van der Waals surface area contributed by atoms with Crippen molar-refractivity contribution in [1.29, 1.82) is 0 Å². The standard InChI is InChI=1S/C17H26N4O/c1-19-9-11-21(12-10-19)17(22)15-13-14(5-6-16(15)18)20-7-3-2-4-8-20/h5-6,13H,2-4,7-12,18H2,1H3. The third-order valence-electron chi connectivity index (χ3n) is 4.78. The van der Waals surface area contributed by atoms with Crippen molar-refractivity contribution in [1.82, 2.24) is 9.80 Å². The van der Waals surface area contributed by atoms with Crippen molar-refractivity contribution in [2.24, 2.45) is 0 Å². The number of benzene rings is 1. The van der Waals surface area contributed by atoms with Gasteiger partial charge < -0.3 is 20.4 Å². The molecule has 22 heavy (non-hydrogen) atoms. The van der Waals surface area contributed by atoms with Crippen molar-refractivity contribution in [3.63, 3.8) is 0 Å². The van der Waals surface area contributed by atoms with E-state index in [0.717, 1.165) is 45.0 Å². The van der Waals surface area contributed by atoms with Gasteiger partial charge >= 0.3 is 0 Å². The van der Waals surface area contributed by atoms with E-state index in [2.05, 4.69) is 16.8 Å². The molecule has 2 saturated heterocycles. The van der Waals surface area contributed by atoms with Gasteiger partial charge in [-0.3, -0.25) is 4.79 Å². The van der Waals surface area contributed by atoms with Gasteiger partial charge in [-0.15, -0.1) is 0 Å². The largest absolute Gasteiger partial charge is 0.398 e. The second kappa shape index (κ2) is 6.57. The quantitative estimate of drug-likeness (QED) is 0.844. The predicted octanol–water partition coefficient (Wildman–Crippen LogP) is 1.65. The molecule has 0 spiro atoms. The third-order valence-corrected chi connectivity index (χ3v) is 4.78. The van der Waals surface area contributed by atoms with Crippen molar-refractivity contribution in [2.45, 2.75) is 19.3 Å². The number of carbonyl (C=O) groups is 1. The number of amides is 1. The highest BCUT2D eigenvalue weighted by atomic mass is 16.2. The van der Waals surface area contributed by atoms with Gasteiger partial charge in [-0.05, 0) is 44.5 Å². The van der Waals surface area contributed by atoms with Crippen molar-refractivity contribution in [3.05, 3.63) is 23.8 Å². The van der Waals surface area contributed by atoms with Crippen LogP contribution in [0.25, 0.3) is 0 Å². The monoisotopic (exact) mass is 302 g/mol. The van der Waals surface area contributed by atoms with Crippen LogP contribution in [0, 0.1) is 0 Å². The molecule has 2 fully saturated rings. The van der Waals surface area contributed by atoms with E-state index in [1.807, 2.05) is 23.1 Å². The highest BCUT2D eigenvalue weighted by molar-refractivity contribution is 6.00. The number of piperidine rings is 1. The van der Waals surface area contributed by atoms with Gasteiger partial charge in [-0.1, -0.05) is 0 Å². The van der Waals surface area contributed by atoms with Crippen LogP contribution in [0.4, 0.5) is 11.4 Å². The number of nitrogen functional groups attached to an aromatic ring is 1. The van der Waals surface area contributed by atoms with Crippen molar-refractivity contribution >= 4 is 17.3 Å². The summed E-state index contributed by atoms with van der Waals surface area (Å²) in [4.78, 5) is 19.3. The lowest BCUT2D eigenvalue weighted by atomic mass is 10.1. The fourth-order valence-electron chi connectivity index (χ4n) is 3.26. The van der Waals surface area contributed by atoms with E-state index in [0.29, 0.717) is 11.3 Å². The molecule has 0 bridgehead atoms. The van der Waals surface area contributed by atoms with E-state index in [-0.39, 0.29) is 5.91 Å². The van der Waals surface area contributed by atoms with Crippen LogP contribution in [-0.4, -0.2) is 62.0 Å². The van der Waals surface area contributed by atoms with Gasteiger partial charge in [0.05, 0.1) is 5.56 Å². The van der Waals surface area contributed by atoms with Gasteiger partial charge in [-0.2, -0.15) is 0 Å². The molecule has 1 aromatic rings. The van der Waals surface area contributed by atoms with Crippen molar-refractivity contribution in [2.75, 3.05) is 56.9 Å². The van der Waals surface area contributed by atoms with Gasteiger partial charge in [0.1, 0.15) is 0 Å². The van der Waals surface area contributed by atoms with Gasteiger partial charge in [0, 0.05) is 50.6 Å². The summed E-state index contributed by atoms with van der Waals surface area (Å²) < 4.78 is 0. The lowest BCUT2D eigenvalue weighted by molar-refractivity contribution is 0.0665. The topological polar surface area (TPSA) is 52.8 Å². The first-order valence-corrected chi connectivity index (χ1v) is 8.27. The Bertz CT molecular complexity index is 531. The minimum atomic E-state index is 0.0736. The van der Waals surface area contributed by atoms with Gasteiger partial charge in [-0.25, -0.2) is 0 Å². The SMILES string of the molecule is CN1CCN(C(=O)c2cc(N3CCCCC3)ccc2N)CC1. The maximum atomic E-state index is 12.8. The highest BCUT2D eigenvalue weighted by Gasteiger charge is 2.23. The summed E-state index contributed by atoms with van der Waals surface area (Å²) in [7, 11) is 2.09. The molecule has 2 heterocycles. The van der Waals surface area contributed by atoms with Gasteiger partial charge in [0.2, 0.25) is 0 Å². The lowest BCUT2D eigenvalue weighted by Gasteiger charge is -2.33. The average Bonchev–Trinajstić information content (AvgIpc) is 2.56. The lowest BCUT2D eigenvalue weighted by Crippen LogP contribution is -2.47. The maximum Gasteiger partial charge on any atom is 0.256 e. The Kier molecular flexibility index (Phi) is 4.52. The minimum absolute atomic E-state index is 0.0736. The number of likely N-dealkylation sites (N-methyl/N-ethyl adjacent to an activating group) is 1.